The summed E-state index contributed by atoms with van der Waals surface area (Å²) in [6, 6.07) is 1.07. The summed E-state index contributed by atoms with van der Waals surface area (Å²) in [6.07, 6.45) is 4.64. The van der Waals surface area contributed by atoms with Crippen molar-refractivity contribution in [2.45, 2.75) is 37.8 Å². The molecule has 1 saturated heterocycles. The van der Waals surface area contributed by atoms with Gasteiger partial charge >= 0.3 is 5.97 Å². The van der Waals surface area contributed by atoms with Crippen LogP contribution in [0.25, 0.3) is 0 Å². The van der Waals surface area contributed by atoms with Gasteiger partial charge in [0.2, 0.25) is 0 Å². The third-order valence-corrected chi connectivity index (χ3v) is 3.49. The molecule has 4 nitrogen and oxygen atoms in total. The van der Waals surface area contributed by atoms with Crippen molar-refractivity contribution in [2.75, 3.05) is 26.7 Å². The number of carboxylic acids is 1. The second-order valence-electron chi connectivity index (χ2n) is 4.83. The Morgan fingerprint density at radius 1 is 1.27 bits per heavy atom. The first kappa shape index (κ1) is 10.9. The number of hydrogen-bond donors (Lipinski definition) is 1. The fourth-order valence-electron chi connectivity index (χ4n) is 2.45. The zero-order valence-electron chi connectivity index (χ0n) is 9.35. The first-order valence-electron chi connectivity index (χ1n) is 5.83. The zero-order chi connectivity index (χ0) is 10.8. The average molecular weight is 212 g/mol. The lowest BCUT2D eigenvalue weighted by Gasteiger charge is -2.36. The minimum absolute atomic E-state index is 0.235. The van der Waals surface area contributed by atoms with E-state index in [0.717, 1.165) is 25.9 Å². The first-order chi connectivity index (χ1) is 7.16. The predicted molar refractivity (Wildman–Crippen MR) is 57.9 cm³/mol. The molecule has 0 aromatic heterocycles. The van der Waals surface area contributed by atoms with Crippen molar-refractivity contribution in [1.82, 2.24) is 9.80 Å². The van der Waals surface area contributed by atoms with E-state index >= 15 is 0 Å². The molecule has 0 atom stereocenters. The standard InChI is InChI=1S/C11H20N2O2/c1-12-6-4-10(5-7-12)13(8-11(14)15)9-2-3-9/h9-10H,2-8H2,1H3,(H,14,15). The van der Waals surface area contributed by atoms with E-state index in [0.29, 0.717) is 12.1 Å². The first-order valence-corrected chi connectivity index (χ1v) is 5.83. The summed E-state index contributed by atoms with van der Waals surface area (Å²) in [4.78, 5) is 15.3. The minimum Gasteiger partial charge on any atom is -0.480 e. The quantitative estimate of drug-likeness (QED) is 0.742. The molecule has 15 heavy (non-hydrogen) atoms. The van der Waals surface area contributed by atoms with Crippen LogP contribution in [0.3, 0.4) is 0 Å². The lowest BCUT2D eigenvalue weighted by molar-refractivity contribution is -0.139. The van der Waals surface area contributed by atoms with Crippen molar-refractivity contribution in [1.29, 1.82) is 0 Å². The van der Waals surface area contributed by atoms with Gasteiger partial charge < -0.3 is 10.0 Å². The van der Waals surface area contributed by atoms with Gasteiger partial charge in [0.15, 0.2) is 0 Å². The van der Waals surface area contributed by atoms with Crippen LogP contribution in [-0.4, -0.2) is 59.6 Å². The smallest absolute Gasteiger partial charge is 0.317 e. The minimum atomic E-state index is -0.680. The molecular weight excluding hydrogens is 192 g/mol. The molecular formula is C11H20N2O2. The lowest BCUT2D eigenvalue weighted by atomic mass is 10.0. The fraction of sp³-hybridized carbons (Fsp3) is 0.909. The van der Waals surface area contributed by atoms with Crippen LogP contribution < -0.4 is 0 Å². The monoisotopic (exact) mass is 212 g/mol. The van der Waals surface area contributed by atoms with E-state index in [1.807, 2.05) is 0 Å². The van der Waals surface area contributed by atoms with E-state index in [2.05, 4.69) is 16.8 Å². The number of rotatable bonds is 4. The maximum absolute atomic E-state index is 10.8. The molecule has 0 aromatic carbocycles. The average Bonchev–Trinajstić information content (AvgIpc) is 2.99. The van der Waals surface area contributed by atoms with E-state index in [-0.39, 0.29) is 6.54 Å². The number of nitrogens with zero attached hydrogens (tertiary/aromatic N) is 2. The summed E-state index contributed by atoms with van der Waals surface area (Å²) in [7, 11) is 2.13. The number of aliphatic carboxylic acids is 1. The molecule has 4 heteroatoms. The van der Waals surface area contributed by atoms with E-state index < -0.39 is 5.97 Å². The molecule has 0 radical (unpaired) electrons. The molecule has 86 valence electrons. The molecule has 1 aliphatic heterocycles. The Labute approximate surface area is 90.9 Å². The molecule has 1 saturated carbocycles. The molecule has 0 unspecified atom stereocenters. The van der Waals surface area contributed by atoms with Crippen LogP contribution in [0.1, 0.15) is 25.7 Å². The Balaban J connectivity index is 1.89. The molecule has 0 aromatic rings. The second kappa shape index (κ2) is 4.49. The van der Waals surface area contributed by atoms with Crippen molar-refractivity contribution in [3.05, 3.63) is 0 Å². The SMILES string of the molecule is CN1CCC(N(CC(=O)O)C2CC2)CC1. The lowest BCUT2D eigenvalue weighted by Crippen LogP contribution is -2.46. The normalized spacial score (nSPS) is 24.7. The van der Waals surface area contributed by atoms with Crippen LogP contribution in [0.2, 0.25) is 0 Å². The van der Waals surface area contributed by atoms with Gasteiger partial charge in [-0.25, -0.2) is 0 Å². The number of carbonyl (C=O) groups is 1. The van der Waals surface area contributed by atoms with Crippen molar-refractivity contribution >= 4 is 5.97 Å². The van der Waals surface area contributed by atoms with Gasteiger partial charge in [0.25, 0.3) is 0 Å². The molecule has 1 N–H and O–H groups in total. The van der Waals surface area contributed by atoms with Crippen LogP contribution in [-0.2, 0) is 4.79 Å². The Morgan fingerprint density at radius 3 is 2.27 bits per heavy atom. The van der Waals surface area contributed by atoms with E-state index in [1.165, 1.54) is 12.8 Å². The molecule has 2 fully saturated rings. The summed E-state index contributed by atoms with van der Waals surface area (Å²) < 4.78 is 0. The Bertz CT molecular complexity index is 233. The highest BCUT2D eigenvalue weighted by Crippen LogP contribution is 2.31. The molecule has 0 amide bonds. The van der Waals surface area contributed by atoms with Crippen LogP contribution in [0.15, 0.2) is 0 Å². The van der Waals surface area contributed by atoms with Crippen LogP contribution in [0.5, 0.6) is 0 Å². The van der Waals surface area contributed by atoms with Gasteiger partial charge in [-0.3, -0.25) is 9.69 Å². The number of likely N-dealkylation sites (tertiary alicyclic amines) is 1. The Morgan fingerprint density at radius 2 is 1.80 bits per heavy atom. The van der Waals surface area contributed by atoms with Crippen LogP contribution >= 0.6 is 0 Å². The highest BCUT2D eigenvalue weighted by atomic mass is 16.4. The molecule has 1 aliphatic carbocycles. The largest absolute Gasteiger partial charge is 0.480 e. The van der Waals surface area contributed by atoms with Gasteiger partial charge in [-0.2, -0.15) is 0 Å². The summed E-state index contributed by atoms with van der Waals surface area (Å²) in [5.41, 5.74) is 0. The van der Waals surface area contributed by atoms with Gasteiger partial charge in [-0.1, -0.05) is 0 Å². The van der Waals surface area contributed by atoms with Crippen LogP contribution in [0.4, 0.5) is 0 Å². The summed E-state index contributed by atoms with van der Waals surface area (Å²) in [5, 5.41) is 8.89. The third-order valence-electron chi connectivity index (χ3n) is 3.49. The Hall–Kier alpha value is -0.610. The summed E-state index contributed by atoms with van der Waals surface area (Å²) in [6.45, 7) is 2.44. The van der Waals surface area contributed by atoms with E-state index in [4.69, 9.17) is 5.11 Å². The summed E-state index contributed by atoms with van der Waals surface area (Å²) in [5.74, 6) is -0.680. The second-order valence-corrected chi connectivity index (χ2v) is 4.83. The number of hydrogen-bond acceptors (Lipinski definition) is 3. The molecule has 0 spiro atoms. The van der Waals surface area contributed by atoms with Crippen LogP contribution in [0, 0.1) is 0 Å². The van der Waals surface area contributed by atoms with Gasteiger partial charge in [0.1, 0.15) is 0 Å². The highest BCUT2D eigenvalue weighted by Gasteiger charge is 2.35. The van der Waals surface area contributed by atoms with Gasteiger partial charge in [0.05, 0.1) is 6.54 Å². The maximum Gasteiger partial charge on any atom is 0.317 e. The maximum atomic E-state index is 10.8. The van der Waals surface area contributed by atoms with Gasteiger partial charge in [0, 0.05) is 12.1 Å². The molecule has 1 heterocycles. The van der Waals surface area contributed by atoms with Crippen molar-refractivity contribution in [3.8, 4) is 0 Å². The fourth-order valence-corrected chi connectivity index (χ4v) is 2.45. The van der Waals surface area contributed by atoms with Crippen molar-refractivity contribution in [2.24, 2.45) is 0 Å². The van der Waals surface area contributed by atoms with Crippen molar-refractivity contribution < 1.29 is 9.90 Å². The zero-order valence-corrected chi connectivity index (χ0v) is 9.35. The van der Waals surface area contributed by atoms with Gasteiger partial charge in [-0.05, 0) is 45.8 Å². The van der Waals surface area contributed by atoms with Gasteiger partial charge in [-0.15, -0.1) is 0 Å². The van der Waals surface area contributed by atoms with Crippen molar-refractivity contribution in [3.63, 3.8) is 0 Å². The number of carboxylic acid groups (broad SMARTS) is 1. The summed E-state index contributed by atoms with van der Waals surface area (Å²) >= 11 is 0. The Kier molecular flexibility index (Phi) is 3.26. The highest BCUT2D eigenvalue weighted by molar-refractivity contribution is 5.69. The molecule has 0 bridgehead atoms. The van der Waals surface area contributed by atoms with E-state index in [1.54, 1.807) is 0 Å². The topological polar surface area (TPSA) is 43.8 Å². The number of piperidine rings is 1. The third kappa shape index (κ3) is 2.92. The predicted octanol–water partition coefficient (Wildman–Crippen LogP) is 0.630. The van der Waals surface area contributed by atoms with E-state index in [9.17, 15) is 4.79 Å². The molecule has 2 rings (SSSR count). The molecule has 2 aliphatic rings.